The van der Waals surface area contributed by atoms with Gasteiger partial charge in [-0.3, -0.25) is 4.79 Å². The van der Waals surface area contributed by atoms with Gasteiger partial charge in [-0.05, 0) is 18.2 Å². The molecule has 138 valence electrons. The van der Waals surface area contributed by atoms with Crippen LogP contribution in [0, 0.1) is 0 Å². The van der Waals surface area contributed by atoms with Gasteiger partial charge in [-0.2, -0.15) is 0 Å². The standard InChI is InChI=1S/C17H22ClF2NO3Si/c1-25(2,3)5-4-23-11-21-13(9-22)6-12-7-14(18)16(8-15(12)21)24-10-17(19)20/h6-9,17H,4-5,10-11H2,1-3H3. The highest BCUT2D eigenvalue weighted by Crippen LogP contribution is 2.32. The zero-order valence-electron chi connectivity index (χ0n) is 14.5. The number of ether oxygens (including phenoxy) is 2. The van der Waals surface area contributed by atoms with Crippen molar-refractivity contribution in [3.05, 3.63) is 28.9 Å². The molecule has 1 heterocycles. The Kier molecular flexibility index (Phi) is 6.59. The molecule has 0 radical (unpaired) electrons. The highest BCUT2D eigenvalue weighted by Gasteiger charge is 2.15. The van der Waals surface area contributed by atoms with Gasteiger partial charge in [0.2, 0.25) is 0 Å². The van der Waals surface area contributed by atoms with Gasteiger partial charge in [-0.25, -0.2) is 8.78 Å². The average molecular weight is 390 g/mol. The number of alkyl halides is 2. The van der Waals surface area contributed by atoms with Crippen LogP contribution in [-0.2, 0) is 11.5 Å². The molecule has 0 saturated heterocycles. The summed E-state index contributed by atoms with van der Waals surface area (Å²) in [5.41, 5.74) is 1.09. The van der Waals surface area contributed by atoms with Crippen molar-refractivity contribution in [1.29, 1.82) is 0 Å². The lowest BCUT2D eigenvalue weighted by Gasteiger charge is -2.16. The van der Waals surface area contributed by atoms with E-state index in [9.17, 15) is 13.6 Å². The Morgan fingerprint density at radius 1 is 1.28 bits per heavy atom. The molecule has 1 aromatic heterocycles. The number of carbonyl (C=O) groups excluding carboxylic acids is 1. The van der Waals surface area contributed by atoms with Gasteiger partial charge in [0, 0.05) is 26.1 Å². The Bertz CT molecular complexity index is 744. The fourth-order valence-electron chi connectivity index (χ4n) is 2.32. The fourth-order valence-corrected chi connectivity index (χ4v) is 3.31. The van der Waals surface area contributed by atoms with Crippen molar-refractivity contribution in [2.75, 3.05) is 13.2 Å². The topological polar surface area (TPSA) is 40.5 Å². The number of hydrogen-bond donors (Lipinski definition) is 0. The van der Waals surface area contributed by atoms with Crippen LogP contribution in [0.15, 0.2) is 18.2 Å². The van der Waals surface area contributed by atoms with E-state index < -0.39 is 21.1 Å². The Morgan fingerprint density at radius 2 is 2.00 bits per heavy atom. The first kappa shape index (κ1) is 19.9. The van der Waals surface area contributed by atoms with E-state index in [1.807, 2.05) is 0 Å². The number of fused-ring (bicyclic) bond motifs is 1. The molecule has 0 aliphatic heterocycles. The van der Waals surface area contributed by atoms with Crippen LogP contribution >= 0.6 is 11.6 Å². The van der Waals surface area contributed by atoms with E-state index in [1.165, 1.54) is 0 Å². The van der Waals surface area contributed by atoms with Crippen molar-refractivity contribution in [2.24, 2.45) is 0 Å². The monoisotopic (exact) mass is 389 g/mol. The first-order valence-electron chi connectivity index (χ1n) is 7.98. The molecular weight excluding hydrogens is 368 g/mol. The zero-order chi connectivity index (χ0) is 18.6. The molecule has 4 nitrogen and oxygen atoms in total. The van der Waals surface area contributed by atoms with E-state index in [0.29, 0.717) is 17.8 Å². The maximum absolute atomic E-state index is 12.4. The van der Waals surface area contributed by atoms with Crippen LogP contribution in [0.2, 0.25) is 30.7 Å². The molecule has 0 bridgehead atoms. The van der Waals surface area contributed by atoms with Crippen LogP contribution in [0.4, 0.5) is 8.78 Å². The predicted molar refractivity (Wildman–Crippen MR) is 97.9 cm³/mol. The summed E-state index contributed by atoms with van der Waals surface area (Å²) in [4.78, 5) is 11.3. The summed E-state index contributed by atoms with van der Waals surface area (Å²) in [6, 6.07) is 5.86. The summed E-state index contributed by atoms with van der Waals surface area (Å²) in [5, 5.41) is 0.952. The van der Waals surface area contributed by atoms with Crippen molar-refractivity contribution in [3.63, 3.8) is 0 Å². The Hall–Kier alpha value is -1.44. The maximum atomic E-state index is 12.4. The average Bonchev–Trinajstić information content (AvgIpc) is 2.84. The summed E-state index contributed by atoms with van der Waals surface area (Å²) in [6.45, 7) is 6.85. The lowest BCUT2D eigenvalue weighted by molar-refractivity contribution is 0.0816. The number of aromatic nitrogens is 1. The van der Waals surface area contributed by atoms with E-state index in [0.717, 1.165) is 17.7 Å². The highest BCUT2D eigenvalue weighted by atomic mass is 35.5. The van der Waals surface area contributed by atoms with Crippen LogP contribution < -0.4 is 4.74 Å². The molecular formula is C17H22ClF2NO3Si. The van der Waals surface area contributed by atoms with Gasteiger partial charge in [-0.15, -0.1) is 0 Å². The SMILES string of the molecule is C[Si](C)(C)CCOCn1c(C=O)cc2cc(Cl)c(OCC(F)F)cc21. The van der Waals surface area contributed by atoms with E-state index in [-0.39, 0.29) is 17.5 Å². The number of benzene rings is 1. The minimum atomic E-state index is -2.59. The van der Waals surface area contributed by atoms with E-state index in [4.69, 9.17) is 21.1 Å². The fraction of sp³-hybridized carbons (Fsp3) is 0.471. The summed E-state index contributed by atoms with van der Waals surface area (Å²) in [6.07, 6.45) is -1.86. The molecule has 0 unspecified atom stereocenters. The van der Waals surface area contributed by atoms with Crippen molar-refractivity contribution in [2.45, 2.75) is 38.8 Å². The minimum absolute atomic E-state index is 0.161. The maximum Gasteiger partial charge on any atom is 0.272 e. The molecule has 0 atom stereocenters. The number of hydrogen-bond acceptors (Lipinski definition) is 3. The lowest BCUT2D eigenvalue weighted by atomic mass is 10.2. The largest absolute Gasteiger partial charge is 0.486 e. The molecule has 0 spiro atoms. The Balaban J connectivity index is 2.24. The molecule has 0 aliphatic carbocycles. The Labute approximate surface area is 151 Å². The summed E-state index contributed by atoms with van der Waals surface area (Å²) < 4.78 is 37.2. The lowest BCUT2D eigenvalue weighted by Crippen LogP contribution is -2.22. The number of rotatable bonds is 9. The first-order chi connectivity index (χ1) is 11.7. The van der Waals surface area contributed by atoms with E-state index in [2.05, 4.69) is 19.6 Å². The first-order valence-corrected chi connectivity index (χ1v) is 12.1. The van der Waals surface area contributed by atoms with E-state index in [1.54, 1.807) is 22.8 Å². The number of aldehydes is 1. The molecule has 8 heteroatoms. The highest BCUT2D eigenvalue weighted by molar-refractivity contribution is 6.76. The van der Waals surface area contributed by atoms with E-state index >= 15 is 0 Å². The van der Waals surface area contributed by atoms with Crippen LogP contribution in [-0.4, -0.2) is 38.6 Å². The number of halogens is 3. The van der Waals surface area contributed by atoms with Gasteiger partial charge in [0.1, 0.15) is 19.1 Å². The molecule has 2 rings (SSSR count). The molecule has 0 N–H and O–H groups in total. The van der Waals surface area contributed by atoms with Gasteiger partial charge in [-0.1, -0.05) is 31.2 Å². The summed E-state index contributed by atoms with van der Waals surface area (Å²) in [5.74, 6) is 0.161. The summed E-state index contributed by atoms with van der Waals surface area (Å²) >= 11 is 6.07. The van der Waals surface area contributed by atoms with Crippen LogP contribution in [0.1, 0.15) is 10.5 Å². The Morgan fingerprint density at radius 3 is 2.60 bits per heavy atom. The van der Waals surface area contributed by atoms with Gasteiger partial charge < -0.3 is 14.0 Å². The summed E-state index contributed by atoms with van der Waals surface area (Å²) in [7, 11) is -1.21. The second-order valence-corrected chi connectivity index (χ2v) is 13.0. The molecule has 0 aliphatic rings. The number of carbonyl (C=O) groups is 1. The van der Waals surface area contributed by atoms with Crippen LogP contribution in [0.5, 0.6) is 5.75 Å². The number of nitrogens with zero attached hydrogens (tertiary/aromatic N) is 1. The third-order valence-corrected chi connectivity index (χ3v) is 5.69. The predicted octanol–water partition coefficient (Wildman–Crippen LogP) is 5.06. The molecule has 0 amide bonds. The van der Waals surface area contributed by atoms with Crippen molar-refractivity contribution >= 4 is 36.9 Å². The second-order valence-electron chi connectivity index (χ2n) is 7.01. The van der Waals surface area contributed by atoms with Crippen molar-refractivity contribution in [3.8, 4) is 5.75 Å². The zero-order valence-corrected chi connectivity index (χ0v) is 16.3. The van der Waals surface area contributed by atoms with Gasteiger partial charge in [0.15, 0.2) is 6.29 Å². The van der Waals surface area contributed by atoms with Crippen molar-refractivity contribution < 1.29 is 23.0 Å². The third-order valence-electron chi connectivity index (χ3n) is 3.69. The smallest absolute Gasteiger partial charge is 0.272 e. The minimum Gasteiger partial charge on any atom is -0.486 e. The third kappa shape index (κ3) is 5.52. The quantitative estimate of drug-likeness (QED) is 0.342. The normalized spacial score (nSPS) is 12.1. The van der Waals surface area contributed by atoms with Crippen LogP contribution in [0.25, 0.3) is 10.9 Å². The van der Waals surface area contributed by atoms with Gasteiger partial charge in [0.25, 0.3) is 6.43 Å². The van der Waals surface area contributed by atoms with Gasteiger partial charge in [0.05, 0.1) is 16.2 Å². The molecule has 0 fully saturated rings. The molecule has 2 aromatic rings. The van der Waals surface area contributed by atoms with Crippen molar-refractivity contribution in [1.82, 2.24) is 4.57 Å². The molecule has 25 heavy (non-hydrogen) atoms. The molecule has 0 saturated carbocycles. The molecule has 1 aromatic carbocycles. The van der Waals surface area contributed by atoms with Crippen LogP contribution in [0.3, 0.4) is 0 Å². The second kappa shape index (κ2) is 8.29. The van der Waals surface area contributed by atoms with Gasteiger partial charge >= 0.3 is 0 Å².